The zero-order chi connectivity index (χ0) is 17.6. The summed E-state index contributed by atoms with van der Waals surface area (Å²) in [6, 6.07) is 2.03. The minimum Gasteiger partial charge on any atom is -0.444 e. The molecule has 0 aromatic carbocycles. The van der Waals surface area contributed by atoms with Crippen molar-refractivity contribution in [3.63, 3.8) is 0 Å². The molecule has 1 aliphatic carbocycles. The van der Waals surface area contributed by atoms with Crippen LogP contribution in [0.5, 0.6) is 0 Å². The number of allylic oxidation sites excluding steroid dienone is 1. The number of carbonyl (C=O) groups excluding carboxylic acids is 2. The van der Waals surface area contributed by atoms with E-state index < -0.39 is 16.4 Å². The number of likely N-dealkylation sites (tertiary alicyclic amines) is 1. The maximum Gasteiger partial charge on any atom is 0.410 e. The van der Waals surface area contributed by atoms with Crippen LogP contribution in [0.3, 0.4) is 0 Å². The van der Waals surface area contributed by atoms with Crippen LogP contribution >= 0.6 is 0 Å². The first-order chi connectivity index (χ1) is 10.4. The Hall–Kier alpha value is -1.83. The van der Waals surface area contributed by atoms with E-state index in [1.54, 1.807) is 11.0 Å². The van der Waals surface area contributed by atoms with Crippen molar-refractivity contribution in [3.8, 4) is 6.07 Å². The molecule has 0 saturated carbocycles. The van der Waals surface area contributed by atoms with Gasteiger partial charge in [0.1, 0.15) is 11.7 Å². The lowest BCUT2D eigenvalue weighted by Gasteiger charge is -2.52. The van der Waals surface area contributed by atoms with Crippen LogP contribution < -0.4 is 0 Å². The fourth-order valence-electron chi connectivity index (χ4n) is 4.01. The quantitative estimate of drug-likeness (QED) is 0.687. The minimum atomic E-state index is -0.589. The van der Waals surface area contributed by atoms with Gasteiger partial charge in [-0.15, -0.1) is 0 Å². The Morgan fingerprint density at radius 1 is 1.39 bits per heavy atom. The molecule has 1 unspecified atom stereocenters. The molecule has 0 bridgehead atoms. The number of fused-ring (bicyclic) bond motifs is 1. The zero-order valence-corrected chi connectivity index (χ0v) is 14.9. The standard InChI is InChI=1S/C18H26N2O3/c1-16(2,3)23-15(22)20-8-7-13-17(4,5)14(21)12(10-19)9-18(13,6)11-20/h9,13H,7-8,11H2,1-6H3/t13?,18-/m1/s1. The highest BCUT2D eigenvalue weighted by molar-refractivity contribution is 6.04. The fourth-order valence-corrected chi connectivity index (χ4v) is 4.01. The molecule has 23 heavy (non-hydrogen) atoms. The lowest BCUT2D eigenvalue weighted by Crippen LogP contribution is -2.57. The van der Waals surface area contributed by atoms with E-state index in [0.717, 1.165) is 6.42 Å². The van der Waals surface area contributed by atoms with Crippen LogP contribution in [0.15, 0.2) is 11.6 Å². The van der Waals surface area contributed by atoms with Gasteiger partial charge in [-0.3, -0.25) is 4.79 Å². The Kier molecular flexibility index (Phi) is 4.09. The average molecular weight is 318 g/mol. The Morgan fingerprint density at radius 3 is 2.52 bits per heavy atom. The summed E-state index contributed by atoms with van der Waals surface area (Å²) in [5, 5.41) is 9.28. The van der Waals surface area contributed by atoms with Gasteiger partial charge < -0.3 is 9.64 Å². The SMILES string of the molecule is CC(C)(C)OC(=O)N1CCC2C(C)(C)C(=O)C(C#N)=C[C@]2(C)C1. The van der Waals surface area contributed by atoms with Gasteiger partial charge in [0.15, 0.2) is 5.78 Å². The molecule has 5 heteroatoms. The van der Waals surface area contributed by atoms with Crippen LogP contribution in [0.1, 0.15) is 48.0 Å². The number of ketones is 1. The molecule has 1 heterocycles. The maximum absolute atomic E-state index is 12.5. The predicted octanol–water partition coefficient (Wildman–Crippen LogP) is 3.31. The normalized spacial score (nSPS) is 30.1. The van der Waals surface area contributed by atoms with Gasteiger partial charge in [0.2, 0.25) is 0 Å². The third-order valence-corrected chi connectivity index (χ3v) is 4.96. The molecule has 0 radical (unpaired) electrons. The van der Waals surface area contributed by atoms with Crippen LogP contribution in [-0.4, -0.2) is 35.5 Å². The van der Waals surface area contributed by atoms with Crippen LogP contribution in [0.4, 0.5) is 4.79 Å². The van der Waals surface area contributed by atoms with Crippen molar-refractivity contribution >= 4 is 11.9 Å². The summed E-state index contributed by atoms with van der Waals surface area (Å²) in [4.78, 5) is 26.5. The highest BCUT2D eigenvalue weighted by Gasteiger charge is 2.54. The van der Waals surface area contributed by atoms with Crippen molar-refractivity contribution in [1.82, 2.24) is 4.90 Å². The van der Waals surface area contributed by atoms with E-state index >= 15 is 0 Å². The molecule has 2 aliphatic rings. The number of nitriles is 1. The van der Waals surface area contributed by atoms with Crippen molar-refractivity contribution in [2.45, 2.75) is 53.6 Å². The molecule has 126 valence electrons. The maximum atomic E-state index is 12.5. The van der Waals surface area contributed by atoms with Gasteiger partial charge in [-0.05, 0) is 33.1 Å². The number of hydrogen-bond acceptors (Lipinski definition) is 4. The summed E-state index contributed by atoms with van der Waals surface area (Å²) < 4.78 is 5.46. The summed E-state index contributed by atoms with van der Waals surface area (Å²) in [5.41, 5.74) is -1.31. The molecule has 0 aromatic rings. The van der Waals surface area contributed by atoms with E-state index in [2.05, 4.69) is 0 Å². The predicted molar refractivity (Wildman–Crippen MR) is 86.5 cm³/mol. The molecule has 0 aromatic heterocycles. The molecule has 1 fully saturated rings. The monoisotopic (exact) mass is 318 g/mol. The number of piperidine rings is 1. The first-order valence-electron chi connectivity index (χ1n) is 8.06. The lowest BCUT2D eigenvalue weighted by molar-refractivity contribution is -0.131. The molecule has 1 amide bonds. The number of hydrogen-bond donors (Lipinski definition) is 0. The molecular weight excluding hydrogens is 292 g/mol. The molecular formula is C18H26N2O3. The van der Waals surface area contributed by atoms with E-state index in [0.29, 0.717) is 13.1 Å². The van der Waals surface area contributed by atoms with Gasteiger partial charge >= 0.3 is 6.09 Å². The summed E-state index contributed by atoms with van der Waals surface area (Å²) in [6.07, 6.45) is 2.16. The third-order valence-electron chi connectivity index (χ3n) is 4.96. The van der Waals surface area contributed by atoms with Crippen molar-refractivity contribution < 1.29 is 14.3 Å². The topological polar surface area (TPSA) is 70.4 Å². The Balaban J connectivity index is 2.31. The number of Topliss-reactive ketones (excluding diaryl/α,β-unsaturated/α-hetero) is 1. The van der Waals surface area contributed by atoms with Crippen LogP contribution in [0, 0.1) is 28.1 Å². The molecule has 0 spiro atoms. The van der Waals surface area contributed by atoms with Gasteiger partial charge in [0.05, 0.1) is 5.57 Å². The van der Waals surface area contributed by atoms with E-state index in [-0.39, 0.29) is 23.4 Å². The van der Waals surface area contributed by atoms with Crippen molar-refractivity contribution in [1.29, 1.82) is 5.26 Å². The second kappa shape index (κ2) is 5.36. The van der Waals surface area contributed by atoms with Crippen LogP contribution in [0.25, 0.3) is 0 Å². The molecule has 0 N–H and O–H groups in total. The minimum absolute atomic E-state index is 0.0896. The summed E-state index contributed by atoms with van der Waals surface area (Å²) in [6.45, 7) is 12.4. The summed E-state index contributed by atoms with van der Waals surface area (Å²) in [7, 11) is 0. The fraction of sp³-hybridized carbons (Fsp3) is 0.722. The van der Waals surface area contributed by atoms with E-state index in [1.165, 1.54) is 0 Å². The molecule has 2 atom stereocenters. The van der Waals surface area contributed by atoms with Crippen molar-refractivity contribution in [2.75, 3.05) is 13.1 Å². The Labute approximate surface area is 138 Å². The summed E-state index contributed by atoms with van der Waals surface area (Å²) >= 11 is 0. The number of carbonyl (C=O) groups is 2. The zero-order valence-electron chi connectivity index (χ0n) is 14.9. The van der Waals surface area contributed by atoms with Gasteiger partial charge in [-0.1, -0.05) is 26.8 Å². The average Bonchev–Trinajstić information content (AvgIpc) is 2.40. The highest BCUT2D eigenvalue weighted by Crippen LogP contribution is 2.52. The van der Waals surface area contributed by atoms with Gasteiger partial charge in [0.25, 0.3) is 0 Å². The van der Waals surface area contributed by atoms with Crippen molar-refractivity contribution in [2.24, 2.45) is 16.7 Å². The molecule has 1 saturated heterocycles. The van der Waals surface area contributed by atoms with E-state index in [4.69, 9.17) is 4.74 Å². The second-order valence-corrected chi connectivity index (χ2v) is 8.47. The van der Waals surface area contributed by atoms with Gasteiger partial charge in [0, 0.05) is 23.9 Å². The number of rotatable bonds is 0. The van der Waals surface area contributed by atoms with Gasteiger partial charge in [-0.25, -0.2) is 4.79 Å². The first-order valence-corrected chi connectivity index (χ1v) is 8.06. The van der Waals surface area contributed by atoms with Gasteiger partial charge in [-0.2, -0.15) is 5.26 Å². The van der Waals surface area contributed by atoms with Crippen molar-refractivity contribution in [3.05, 3.63) is 11.6 Å². The smallest absolute Gasteiger partial charge is 0.410 e. The van der Waals surface area contributed by atoms with Crippen LogP contribution in [0.2, 0.25) is 0 Å². The largest absolute Gasteiger partial charge is 0.444 e. The highest BCUT2D eigenvalue weighted by atomic mass is 16.6. The molecule has 1 aliphatic heterocycles. The van der Waals surface area contributed by atoms with E-state index in [9.17, 15) is 14.9 Å². The van der Waals surface area contributed by atoms with Crippen LogP contribution in [-0.2, 0) is 9.53 Å². The lowest BCUT2D eigenvalue weighted by atomic mass is 9.55. The number of amides is 1. The number of ether oxygens (including phenoxy) is 1. The molecule has 2 rings (SSSR count). The first kappa shape index (κ1) is 17.5. The third kappa shape index (κ3) is 3.12. The van der Waals surface area contributed by atoms with E-state index in [1.807, 2.05) is 47.6 Å². The number of nitrogens with zero attached hydrogens (tertiary/aromatic N) is 2. The summed E-state index contributed by atoms with van der Waals surface area (Å²) in [5.74, 6) is 0.0199. The molecule has 5 nitrogen and oxygen atoms in total. The second-order valence-electron chi connectivity index (χ2n) is 8.47. The Bertz CT molecular complexity index is 607. The Morgan fingerprint density at radius 2 is 2.00 bits per heavy atom.